The van der Waals surface area contributed by atoms with Crippen molar-refractivity contribution in [3.63, 3.8) is 0 Å². The van der Waals surface area contributed by atoms with Gasteiger partial charge in [0, 0.05) is 15.2 Å². The largest absolute Gasteiger partial charge is 0.309 e. The van der Waals surface area contributed by atoms with Gasteiger partial charge in [-0.15, -0.1) is 0 Å². The maximum Gasteiger partial charge on any atom is 0.0167 e. The summed E-state index contributed by atoms with van der Waals surface area (Å²) in [6, 6.07) is 9.29. The van der Waals surface area contributed by atoms with E-state index in [0.717, 1.165) is 6.42 Å². The van der Waals surface area contributed by atoms with Crippen LogP contribution in [0.4, 0.5) is 0 Å². The Morgan fingerprint density at radius 2 is 1.73 bits per heavy atom. The first kappa shape index (κ1) is 13.0. The van der Waals surface area contributed by atoms with Gasteiger partial charge >= 0.3 is 0 Å². The van der Waals surface area contributed by atoms with Gasteiger partial charge in [-0.25, -0.2) is 0 Å². The van der Waals surface area contributed by atoms with Crippen LogP contribution >= 0.6 is 22.6 Å². The standard InChI is InChI=1S/C13H20IN/c1-10(2)15-13(3,4)9-11-5-7-12(14)8-6-11/h5-8,10,15H,9H2,1-4H3. The van der Waals surface area contributed by atoms with Gasteiger partial charge in [-0.1, -0.05) is 26.0 Å². The Morgan fingerprint density at radius 3 is 2.20 bits per heavy atom. The summed E-state index contributed by atoms with van der Waals surface area (Å²) in [6.45, 7) is 8.89. The summed E-state index contributed by atoms with van der Waals surface area (Å²) < 4.78 is 1.30. The lowest BCUT2D eigenvalue weighted by atomic mass is 9.94. The second-order valence-corrected chi connectivity index (χ2v) is 6.23. The van der Waals surface area contributed by atoms with Gasteiger partial charge in [0.15, 0.2) is 0 Å². The van der Waals surface area contributed by atoms with Gasteiger partial charge in [-0.2, -0.15) is 0 Å². The topological polar surface area (TPSA) is 12.0 Å². The van der Waals surface area contributed by atoms with E-state index in [1.54, 1.807) is 0 Å². The fraction of sp³-hybridized carbons (Fsp3) is 0.538. The van der Waals surface area contributed by atoms with E-state index in [-0.39, 0.29) is 5.54 Å². The quantitative estimate of drug-likeness (QED) is 0.837. The normalized spacial score (nSPS) is 12.1. The monoisotopic (exact) mass is 317 g/mol. The molecule has 1 aromatic rings. The van der Waals surface area contributed by atoms with Crippen molar-refractivity contribution in [1.29, 1.82) is 0 Å². The lowest BCUT2D eigenvalue weighted by Gasteiger charge is -2.29. The van der Waals surface area contributed by atoms with Crippen molar-refractivity contribution < 1.29 is 0 Å². The van der Waals surface area contributed by atoms with Gasteiger partial charge in [-0.3, -0.25) is 0 Å². The number of benzene rings is 1. The summed E-state index contributed by atoms with van der Waals surface area (Å²) in [5.74, 6) is 0. The highest BCUT2D eigenvalue weighted by Crippen LogP contribution is 2.15. The molecule has 2 heteroatoms. The molecular formula is C13H20IN. The molecule has 0 saturated heterocycles. The van der Waals surface area contributed by atoms with Crippen molar-refractivity contribution in [1.82, 2.24) is 5.32 Å². The van der Waals surface area contributed by atoms with Crippen LogP contribution in [0.15, 0.2) is 24.3 Å². The molecule has 0 radical (unpaired) electrons. The lowest BCUT2D eigenvalue weighted by Crippen LogP contribution is -2.45. The van der Waals surface area contributed by atoms with Gasteiger partial charge in [0.25, 0.3) is 0 Å². The van der Waals surface area contributed by atoms with Crippen LogP contribution in [-0.2, 0) is 6.42 Å². The van der Waals surface area contributed by atoms with Crippen molar-refractivity contribution >= 4 is 22.6 Å². The molecule has 1 rings (SSSR count). The highest BCUT2D eigenvalue weighted by molar-refractivity contribution is 14.1. The molecule has 1 N–H and O–H groups in total. The second-order valence-electron chi connectivity index (χ2n) is 4.99. The first-order valence-corrected chi connectivity index (χ1v) is 6.49. The number of nitrogens with one attached hydrogen (secondary N) is 1. The summed E-state index contributed by atoms with van der Waals surface area (Å²) in [5, 5.41) is 3.58. The molecule has 0 atom stereocenters. The van der Waals surface area contributed by atoms with Crippen molar-refractivity contribution in [3.8, 4) is 0 Å². The summed E-state index contributed by atoms with van der Waals surface area (Å²) in [6.07, 6.45) is 1.07. The molecule has 1 nitrogen and oxygen atoms in total. The predicted octanol–water partition coefficient (Wildman–Crippen LogP) is 3.61. The van der Waals surface area contributed by atoms with Gasteiger partial charge < -0.3 is 5.32 Å². The molecule has 84 valence electrons. The molecule has 0 spiro atoms. The fourth-order valence-electron chi connectivity index (χ4n) is 1.95. The van der Waals surface area contributed by atoms with Crippen molar-refractivity contribution in [2.75, 3.05) is 0 Å². The van der Waals surface area contributed by atoms with Crippen LogP contribution in [0.25, 0.3) is 0 Å². The lowest BCUT2D eigenvalue weighted by molar-refractivity contribution is 0.353. The third-order valence-electron chi connectivity index (χ3n) is 2.24. The summed E-state index contributed by atoms with van der Waals surface area (Å²) in [7, 11) is 0. The van der Waals surface area contributed by atoms with E-state index in [1.807, 2.05) is 0 Å². The Kier molecular flexibility index (Phi) is 4.59. The Hall–Kier alpha value is -0.0900. The van der Waals surface area contributed by atoms with E-state index in [0.29, 0.717) is 6.04 Å². The number of hydrogen-bond donors (Lipinski definition) is 1. The van der Waals surface area contributed by atoms with Crippen LogP contribution in [0.5, 0.6) is 0 Å². The average molecular weight is 317 g/mol. The third kappa shape index (κ3) is 4.98. The molecule has 0 amide bonds. The first-order valence-electron chi connectivity index (χ1n) is 5.41. The van der Waals surface area contributed by atoms with Crippen LogP contribution in [0.2, 0.25) is 0 Å². The molecule has 0 unspecified atom stereocenters. The number of hydrogen-bond acceptors (Lipinski definition) is 1. The van der Waals surface area contributed by atoms with Gasteiger partial charge in [0.1, 0.15) is 0 Å². The fourth-order valence-corrected chi connectivity index (χ4v) is 2.30. The zero-order valence-corrected chi connectivity index (χ0v) is 12.1. The van der Waals surface area contributed by atoms with E-state index in [2.05, 4.69) is 79.9 Å². The van der Waals surface area contributed by atoms with E-state index in [9.17, 15) is 0 Å². The Labute approximate surface area is 107 Å². The zero-order valence-electron chi connectivity index (χ0n) is 9.97. The minimum absolute atomic E-state index is 0.168. The number of rotatable bonds is 4. The van der Waals surface area contributed by atoms with E-state index in [4.69, 9.17) is 0 Å². The molecule has 0 aromatic heterocycles. The molecule has 0 aliphatic rings. The van der Waals surface area contributed by atoms with Crippen LogP contribution in [0.1, 0.15) is 33.3 Å². The molecule has 0 saturated carbocycles. The summed E-state index contributed by atoms with van der Waals surface area (Å²) >= 11 is 2.34. The highest BCUT2D eigenvalue weighted by atomic mass is 127. The molecule has 1 aromatic carbocycles. The first-order chi connectivity index (χ1) is 6.89. The van der Waals surface area contributed by atoms with Crippen LogP contribution in [0.3, 0.4) is 0 Å². The minimum Gasteiger partial charge on any atom is -0.309 e. The molecule has 15 heavy (non-hydrogen) atoms. The maximum absolute atomic E-state index is 3.58. The highest BCUT2D eigenvalue weighted by Gasteiger charge is 2.18. The zero-order chi connectivity index (χ0) is 11.5. The van der Waals surface area contributed by atoms with E-state index in [1.165, 1.54) is 9.13 Å². The van der Waals surface area contributed by atoms with Crippen LogP contribution in [-0.4, -0.2) is 11.6 Å². The SMILES string of the molecule is CC(C)NC(C)(C)Cc1ccc(I)cc1. The Bertz CT molecular complexity index is 301. The molecule has 0 aliphatic carbocycles. The third-order valence-corrected chi connectivity index (χ3v) is 2.96. The molecule has 0 fully saturated rings. The van der Waals surface area contributed by atoms with Gasteiger partial charge in [0.05, 0.1) is 0 Å². The second kappa shape index (κ2) is 5.30. The molecule has 0 bridgehead atoms. The Morgan fingerprint density at radius 1 is 1.20 bits per heavy atom. The average Bonchev–Trinajstić information content (AvgIpc) is 2.06. The van der Waals surface area contributed by atoms with Crippen molar-refractivity contribution in [2.45, 2.75) is 45.7 Å². The van der Waals surface area contributed by atoms with Crippen molar-refractivity contribution in [2.24, 2.45) is 0 Å². The van der Waals surface area contributed by atoms with Crippen molar-refractivity contribution in [3.05, 3.63) is 33.4 Å². The Balaban J connectivity index is 2.64. The minimum atomic E-state index is 0.168. The van der Waals surface area contributed by atoms with Crippen LogP contribution in [0, 0.1) is 3.57 Å². The molecule has 0 aliphatic heterocycles. The van der Waals surface area contributed by atoms with E-state index < -0.39 is 0 Å². The molecule has 0 heterocycles. The van der Waals surface area contributed by atoms with Crippen LogP contribution < -0.4 is 5.32 Å². The van der Waals surface area contributed by atoms with Gasteiger partial charge in [0.2, 0.25) is 0 Å². The molecular weight excluding hydrogens is 297 g/mol. The van der Waals surface area contributed by atoms with E-state index >= 15 is 0 Å². The number of halogens is 1. The summed E-state index contributed by atoms with van der Waals surface area (Å²) in [4.78, 5) is 0. The smallest absolute Gasteiger partial charge is 0.0167 e. The summed E-state index contributed by atoms with van der Waals surface area (Å²) in [5.41, 5.74) is 1.56. The maximum atomic E-state index is 3.58. The predicted molar refractivity (Wildman–Crippen MR) is 75.2 cm³/mol. The van der Waals surface area contributed by atoms with Gasteiger partial charge in [-0.05, 0) is 60.6 Å².